The van der Waals surface area contributed by atoms with Gasteiger partial charge in [0.25, 0.3) is 5.91 Å². The van der Waals surface area contributed by atoms with Crippen LogP contribution in [0.5, 0.6) is 11.5 Å². The molecule has 1 fully saturated rings. The van der Waals surface area contributed by atoms with E-state index in [-0.39, 0.29) is 24.4 Å². The predicted octanol–water partition coefficient (Wildman–Crippen LogP) is 2.59. The van der Waals surface area contributed by atoms with Gasteiger partial charge in [0.15, 0.2) is 6.10 Å². The van der Waals surface area contributed by atoms with E-state index in [0.29, 0.717) is 19.5 Å². The van der Waals surface area contributed by atoms with E-state index in [9.17, 15) is 4.79 Å². The second kappa shape index (κ2) is 7.98. The summed E-state index contributed by atoms with van der Waals surface area (Å²) in [4.78, 5) is 15.1. The van der Waals surface area contributed by atoms with Crippen molar-refractivity contribution in [3.05, 3.63) is 59.7 Å². The Morgan fingerprint density at radius 1 is 1.19 bits per heavy atom. The van der Waals surface area contributed by atoms with E-state index in [1.54, 1.807) is 7.11 Å². The van der Waals surface area contributed by atoms with Gasteiger partial charge >= 0.3 is 0 Å². The lowest BCUT2D eigenvalue weighted by Gasteiger charge is -2.38. The number of piperazine rings is 1. The molecule has 2 atom stereocenters. The average molecular weight is 375 g/mol. The summed E-state index contributed by atoms with van der Waals surface area (Å²) in [6.07, 6.45) is 0.199. The Balaban J connectivity index is 0.00000196. The molecule has 2 aromatic carbocycles. The minimum atomic E-state index is -0.437. The first-order valence-electron chi connectivity index (χ1n) is 8.66. The molecule has 4 rings (SSSR count). The third-order valence-corrected chi connectivity index (χ3v) is 4.95. The maximum absolute atomic E-state index is 13.2. The number of hydrogen-bond acceptors (Lipinski definition) is 4. The fraction of sp³-hybridized carbons (Fsp3) is 0.350. The number of nitrogens with one attached hydrogen (secondary N) is 1. The summed E-state index contributed by atoms with van der Waals surface area (Å²) in [6, 6.07) is 15.7. The topological polar surface area (TPSA) is 50.8 Å². The van der Waals surface area contributed by atoms with Crippen molar-refractivity contribution in [1.82, 2.24) is 10.2 Å². The molecule has 2 aliphatic rings. The highest BCUT2D eigenvalue weighted by atomic mass is 35.5. The molecule has 26 heavy (non-hydrogen) atoms. The van der Waals surface area contributed by atoms with Crippen LogP contribution in [0.15, 0.2) is 48.5 Å². The number of benzene rings is 2. The number of halogens is 1. The molecule has 1 N–H and O–H groups in total. The predicted molar refractivity (Wildman–Crippen MR) is 102 cm³/mol. The highest BCUT2D eigenvalue weighted by molar-refractivity contribution is 5.85. The van der Waals surface area contributed by atoms with Crippen molar-refractivity contribution in [2.24, 2.45) is 0 Å². The number of carbonyl (C=O) groups excluding carboxylic acids is 1. The Morgan fingerprint density at radius 2 is 1.96 bits per heavy atom. The minimum Gasteiger partial charge on any atom is -0.496 e. The van der Waals surface area contributed by atoms with Gasteiger partial charge in [0.1, 0.15) is 11.5 Å². The van der Waals surface area contributed by atoms with Crippen molar-refractivity contribution in [3.8, 4) is 11.5 Å². The quantitative estimate of drug-likeness (QED) is 0.897. The summed E-state index contributed by atoms with van der Waals surface area (Å²) in [5.74, 6) is 1.68. The van der Waals surface area contributed by atoms with Crippen molar-refractivity contribution >= 4 is 18.3 Å². The van der Waals surface area contributed by atoms with Gasteiger partial charge in [-0.25, -0.2) is 0 Å². The molecule has 0 radical (unpaired) electrons. The van der Waals surface area contributed by atoms with Gasteiger partial charge < -0.3 is 19.7 Å². The van der Waals surface area contributed by atoms with Crippen molar-refractivity contribution in [2.45, 2.75) is 18.6 Å². The Labute approximate surface area is 159 Å². The van der Waals surface area contributed by atoms with E-state index in [1.165, 1.54) is 0 Å². The normalized spacial score (nSPS) is 21.3. The van der Waals surface area contributed by atoms with Crippen molar-refractivity contribution in [3.63, 3.8) is 0 Å². The standard InChI is InChI=1S/C20H22N2O3.ClH/c1-24-18-9-5-3-7-15(18)16-13-21-10-11-22(16)20(23)19-12-14-6-2-4-8-17(14)25-19;/h2-9,16,19,21H,10-13H2,1H3;1H. The lowest BCUT2D eigenvalue weighted by Crippen LogP contribution is -2.52. The van der Waals surface area contributed by atoms with Crippen LogP contribution in [0, 0.1) is 0 Å². The number of fused-ring (bicyclic) bond motifs is 1. The maximum atomic E-state index is 13.2. The molecule has 2 heterocycles. The zero-order chi connectivity index (χ0) is 17.2. The van der Waals surface area contributed by atoms with Crippen LogP contribution in [0.4, 0.5) is 0 Å². The fourth-order valence-corrected chi connectivity index (χ4v) is 3.69. The number of para-hydroxylation sites is 2. The number of nitrogens with zero attached hydrogens (tertiary/aromatic N) is 1. The number of hydrogen-bond donors (Lipinski definition) is 1. The third-order valence-electron chi connectivity index (χ3n) is 4.95. The van der Waals surface area contributed by atoms with E-state index >= 15 is 0 Å². The van der Waals surface area contributed by atoms with E-state index < -0.39 is 6.10 Å². The van der Waals surface area contributed by atoms with E-state index in [1.807, 2.05) is 53.4 Å². The first-order chi connectivity index (χ1) is 12.3. The smallest absolute Gasteiger partial charge is 0.264 e. The summed E-state index contributed by atoms with van der Waals surface area (Å²) in [5, 5.41) is 3.39. The molecule has 0 aromatic heterocycles. The van der Waals surface area contributed by atoms with Gasteiger partial charge in [-0.05, 0) is 17.7 Å². The number of amides is 1. The second-order valence-electron chi connectivity index (χ2n) is 6.41. The zero-order valence-electron chi connectivity index (χ0n) is 14.7. The third kappa shape index (κ3) is 3.37. The number of rotatable bonds is 3. The number of carbonyl (C=O) groups is 1. The molecule has 138 valence electrons. The highest BCUT2D eigenvalue weighted by Crippen LogP contribution is 2.33. The van der Waals surface area contributed by atoms with Crippen LogP contribution in [0.25, 0.3) is 0 Å². The first-order valence-corrected chi connectivity index (χ1v) is 8.66. The monoisotopic (exact) mass is 374 g/mol. The molecule has 1 amide bonds. The molecule has 0 spiro atoms. The molecular weight excluding hydrogens is 352 g/mol. The van der Waals surface area contributed by atoms with Gasteiger partial charge in [-0.3, -0.25) is 4.79 Å². The summed E-state index contributed by atoms with van der Waals surface area (Å²) in [6.45, 7) is 2.17. The average Bonchev–Trinajstić information content (AvgIpc) is 3.11. The lowest BCUT2D eigenvalue weighted by atomic mass is 10.0. The van der Waals surface area contributed by atoms with Gasteiger partial charge in [0, 0.05) is 31.6 Å². The van der Waals surface area contributed by atoms with Crippen LogP contribution in [-0.4, -0.2) is 43.7 Å². The fourth-order valence-electron chi connectivity index (χ4n) is 3.69. The minimum absolute atomic E-state index is 0. The summed E-state index contributed by atoms with van der Waals surface area (Å²) in [7, 11) is 1.66. The summed E-state index contributed by atoms with van der Waals surface area (Å²) < 4.78 is 11.4. The summed E-state index contributed by atoms with van der Waals surface area (Å²) >= 11 is 0. The molecule has 2 aliphatic heterocycles. The number of methoxy groups -OCH3 is 1. The molecule has 6 heteroatoms. The Bertz CT molecular complexity index is 758. The number of ether oxygens (including phenoxy) is 2. The molecule has 0 aliphatic carbocycles. The molecule has 5 nitrogen and oxygen atoms in total. The molecule has 1 saturated heterocycles. The maximum Gasteiger partial charge on any atom is 0.264 e. The molecule has 0 saturated carbocycles. The molecule has 2 unspecified atom stereocenters. The van der Waals surface area contributed by atoms with Crippen LogP contribution in [0.1, 0.15) is 17.2 Å². The van der Waals surface area contributed by atoms with Crippen LogP contribution in [0.2, 0.25) is 0 Å². The van der Waals surface area contributed by atoms with Crippen LogP contribution in [-0.2, 0) is 11.2 Å². The van der Waals surface area contributed by atoms with Gasteiger partial charge in [0.05, 0.1) is 13.2 Å². The van der Waals surface area contributed by atoms with E-state index in [2.05, 4.69) is 5.32 Å². The van der Waals surface area contributed by atoms with E-state index in [0.717, 1.165) is 29.2 Å². The second-order valence-corrected chi connectivity index (χ2v) is 6.41. The van der Waals surface area contributed by atoms with Crippen LogP contribution in [0.3, 0.4) is 0 Å². The van der Waals surface area contributed by atoms with Crippen molar-refractivity contribution in [2.75, 3.05) is 26.7 Å². The van der Waals surface area contributed by atoms with Gasteiger partial charge in [-0.2, -0.15) is 0 Å². The summed E-state index contributed by atoms with van der Waals surface area (Å²) in [5.41, 5.74) is 2.13. The van der Waals surface area contributed by atoms with Crippen LogP contribution < -0.4 is 14.8 Å². The molecular formula is C20H23ClN2O3. The lowest BCUT2D eigenvalue weighted by molar-refractivity contribution is -0.141. The molecule has 2 aromatic rings. The van der Waals surface area contributed by atoms with Crippen molar-refractivity contribution < 1.29 is 14.3 Å². The van der Waals surface area contributed by atoms with E-state index in [4.69, 9.17) is 9.47 Å². The SMILES string of the molecule is COc1ccccc1C1CNCCN1C(=O)C1Cc2ccccc2O1.Cl. The zero-order valence-corrected chi connectivity index (χ0v) is 15.5. The van der Waals surface area contributed by atoms with Gasteiger partial charge in [-0.1, -0.05) is 36.4 Å². The van der Waals surface area contributed by atoms with Gasteiger partial charge in [-0.15, -0.1) is 12.4 Å². The largest absolute Gasteiger partial charge is 0.496 e. The van der Waals surface area contributed by atoms with Crippen LogP contribution >= 0.6 is 12.4 Å². The Hall–Kier alpha value is -2.24. The highest BCUT2D eigenvalue weighted by Gasteiger charge is 2.37. The molecule has 0 bridgehead atoms. The Kier molecular flexibility index (Phi) is 5.69. The first kappa shape index (κ1) is 18.5. The van der Waals surface area contributed by atoms with Crippen molar-refractivity contribution in [1.29, 1.82) is 0 Å². The van der Waals surface area contributed by atoms with Gasteiger partial charge in [0.2, 0.25) is 0 Å². The Morgan fingerprint density at radius 3 is 2.77 bits per heavy atom.